The average Bonchev–Trinajstić information content (AvgIpc) is 3.04. The molecule has 1 aromatic carbocycles. The Balaban J connectivity index is 2.06. The number of hydrogen-bond donors (Lipinski definition) is 0. The van der Waals surface area contributed by atoms with Crippen LogP contribution in [-0.2, 0) is 7.05 Å². The molecule has 1 aliphatic rings. The number of carbonyl (C=O) groups excluding carboxylic acids is 1. The summed E-state index contributed by atoms with van der Waals surface area (Å²) in [6.07, 6.45) is 5.17. The van der Waals surface area contributed by atoms with E-state index in [1.165, 1.54) is 18.4 Å². The molecule has 0 unspecified atom stereocenters. The van der Waals surface area contributed by atoms with Gasteiger partial charge in [0.1, 0.15) is 0 Å². The summed E-state index contributed by atoms with van der Waals surface area (Å²) in [5, 5.41) is 1.10. The van der Waals surface area contributed by atoms with Gasteiger partial charge in [0, 0.05) is 36.1 Å². The first-order valence-corrected chi connectivity index (χ1v) is 6.24. The number of fused-ring (bicyclic) bond motifs is 1. The SMILES string of the molecule is Cc1ccc2c(C(=O)CC3CC3)cn(C)c2c1. The minimum absolute atomic E-state index is 0.307. The van der Waals surface area contributed by atoms with Crippen LogP contribution in [0.15, 0.2) is 24.4 Å². The number of rotatable bonds is 3. The number of carbonyl (C=O) groups is 1. The van der Waals surface area contributed by atoms with Gasteiger partial charge in [0.2, 0.25) is 0 Å². The molecule has 0 spiro atoms. The Hall–Kier alpha value is -1.57. The van der Waals surface area contributed by atoms with Crippen molar-refractivity contribution in [2.24, 2.45) is 13.0 Å². The maximum Gasteiger partial charge on any atom is 0.165 e. The van der Waals surface area contributed by atoms with Crippen LogP contribution in [0.3, 0.4) is 0 Å². The number of hydrogen-bond acceptors (Lipinski definition) is 1. The Morgan fingerprint density at radius 3 is 2.88 bits per heavy atom. The monoisotopic (exact) mass is 227 g/mol. The van der Waals surface area contributed by atoms with Crippen LogP contribution in [-0.4, -0.2) is 10.4 Å². The van der Waals surface area contributed by atoms with Crippen LogP contribution in [0.1, 0.15) is 35.2 Å². The zero-order chi connectivity index (χ0) is 12.0. The Morgan fingerprint density at radius 1 is 1.41 bits per heavy atom. The highest BCUT2D eigenvalue weighted by molar-refractivity contribution is 6.08. The molecule has 0 amide bonds. The van der Waals surface area contributed by atoms with Gasteiger partial charge in [-0.1, -0.05) is 12.1 Å². The van der Waals surface area contributed by atoms with Crippen molar-refractivity contribution < 1.29 is 4.79 Å². The van der Waals surface area contributed by atoms with Crippen molar-refractivity contribution in [3.8, 4) is 0 Å². The van der Waals surface area contributed by atoms with Gasteiger partial charge in [0.25, 0.3) is 0 Å². The van der Waals surface area contributed by atoms with Gasteiger partial charge in [0.15, 0.2) is 5.78 Å². The molecule has 0 atom stereocenters. The molecule has 3 rings (SSSR count). The molecular formula is C15H17NO. The first-order chi connectivity index (χ1) is 8.15. The first-order valence-electron chi connectivity index (χ1n) is 6.24. The fraction of sp³-hybridized carbons (Fsp3) is 0.400. The predicted molar refractivity (Wildman–Crippen MR) is 69.3 cm³/mol. The van der Waals surface area contributed by atoms with Crippen molar-refractivity contribution >= 4 is 16.7 Å². The van der Waals surface area contributed by atoms with E-state index in [1.807, 2.05) is 13.2 Å². The molecule has 1 aliphatic carbocycles. The molecule has 0 N–H and O–H groups in total. The van der Waals surface area contributed by atoms with Gasteiger partial charge >= 0.3 is 0 Å². The maximum absolute atomic E-state index is 12.2. The van der Waals surface area contributed by atoms with E-state index in [0.717, 1.165) is 22.9 Å². The van der Waals surface area contributed by atoms with Gasteiger partial charge < -0.3 is 4.57 Å². The standard InChI is InChI=1S/C15H17NO/c1-10-3-6-12-13(9-16(2)14(12)7-10)15(17)8-11-4-5-11/h3,6-7,9,11H,4-5,8H2,1-2H3. The van der Waals surface area contributed by atoms with Gasteiger partial charge in [-0.3, -0.25) is 4.79 Å². The third kappa shape index (κ3) is 1.88. The molecule has 17 heavy (non-hydrogen) atoms. The lowest BCUT2D eigenvalue weighted by Crippen LogP contribution is -1.98. The van der Waals surface area contributed by atoms with E-state index in [0.29, 0.717) is 11.7 Å². The second-order valence-electron chi connectivity index (χ2n) is 5.24. The second-order valence-corrected chi connectivity index (χ2v) is 5.24. The topological polar surface area (TPSA) is 22.0 Å². The van der Waals surface area contributed by atoms with Crippen molar-refractivity contribution in [2.75, 3.05) is 0 Å². The first kappa shape index (κ1) is 10.6. The molecule has 0 saturated heterocycles. The Labute approximate surface area is 101 Å². The number of aromatic nitrogens is 1. The minimum Gasteiger partial charge on any atom is -0.350 e. The lowest BCUT2D eigenvalue weighted by molar-refractivity contribution is 0.0977. The van der Waals surface area contributed by atoms with Crippen molar-refractivity contribution in [2.45, 2.75) is 26.2 Å². The van der Waals surface area contributed by atoms with Gasteiger partial charge in [-0.2, -0.15) is 0 Å². The molecule has 0 radical (unpaired) electrons. The number of aryl methyl sites for hydroxylation is 2. The average molecular weight is 227 g/mol. The molecule has 0 aliphatic heterocycles. The number of nitrogens with zero attached hydrogens (tertiary/aromatic N) is 1. The summed E-state index contributed by atoms with van der Waals surface area (Å²) in [4.78, 5) is 12.2. The zero-order valence-corrected chi connectivity index (χ0v) is 10.4. The van der Waals surface area contributed by atoms with E-state index >= 15 is 0 Å². The number of Topliss-reactive ketones (excluding diaryl/α,β-unsaturated/α-hetero) is 1. The number of benzene rings is 1. The molecule has 88 valence electrons. The molecule has 2 nitrogen and oxygen atoms in total. The van der Waals surface area contributed by atoms with E-state index in [-0.39, 0.29) is 0 Å². The molecule has 2 aromatic rings. The molecule has 1 saturated carbocycles. The molecule has 2 heteroatoms. The van der Waals surface area contributed by atoms with Crippen LogP contribution in [0.4, 0.5) is 0 Å². The lowest BCUT2D eigenvalue weighted by Gasteiger charge is -1.98. The summed E-state index contributed by atoms with van der Waals surface area (Å²) in [5.41, 5.74) is 3.29. The van der Waals surface area contributed by atoms with Crippen molar-refractivity contribution in [1.29, 1.82) is 0 Å². The van der Waals surface area contributed by atoms with Gasteiger partial charge in [-0.15, -0.1) is 0 Å². The van der Waals surface area contributed by atoms with Crippen molar-refractivity contribution in [3.63, 3.8) is 0 Å². The smallest absolute Gasteiger partial charge is 0.165 e. The van der Waals surface area contributed by atoms with Crippen LogP contribution in [0.5, 0.6) is 0 Å². The fourth-order valence-corrected chi connectivity index (χ4v) is 2.41. The predicted octanol–water partition coefficient (Wildman–Crippen LogP) is 3.47. The summed E-state index contributed by atoms with van der Waals surface area (Å²) in [6, 6.07) is 6.30. The summed E-state index contributed by atoms with van der Waals surface area (Å²) < 4.78 is 2.06. The third-order valence-electron chi connectivity index (χ3n) is 3.62. The van der Waals surface area contributed by atoms with Gasteiger partial charge in [-0.25, -0.2) is 0 Å². The molecular weight excluding hydrogens is 210 g/mol. The Bertz CT molecular complexity index is 590. The molecule has 1 heterocycles. The largest absolute Gasteiger partial charge is 0.350 e. The van der Waals surface area contributed by atoms with E-state index in [2.05, 4.69) is 29.7 Å². The highest BCUT2D eigenvalue weighted by atomic mass is 16.1. The highest BCUT2D eigenvalue weighted by Gasteiger charge is 2.26. The molecule has 1 fully saturated rings. The normalized spacial score (nSPS) is 15.4. The van der Waals surface area contributed by atoms with Gasteiger partial charge in [-0.05, 0) is 37.3 Å². The van der Waals surface area contributed by atoms with Crippen molar-refractivity contribution in [1.82, 2.24) is 4.57 Å². The van der Waals surface area contributed by atoms with Crippen molar-refractivity contribution in [3.05, 3.63) is 35.5 Å². The molecule has 1 aromatic heterocycles. The second kappa shape index (κ2) is 3.73. The van der Waals surface area contributed by atoms with E-state index < -0.39 is 0 Å². The summed E-state index contributed by atoms with van der Waals surface area (Å²) in [5.74, 6) is 0.963. The van der Waals surface area contributed by atoms with Crippen LogP contribution >= 0.6 is 0 Å². The van der Waals surface area contributed by atoms with Crippen LogP contribution in [0.25, 0.3) is 10.9 Å². The molecule has 0 bridgehead atoms. The Kier molecular flexibility index (Phi) is 2.32. The maximum atomic E-state index is 12.2. The fourth-order valence-electron chi connectivity index (χ4n) is 2.41. The minimum atomic E-state index is 0.307. The zero-order valence-electron chi connectivity index (χ0n) is 10.4. The third-order valence-corrected chi connectivity index (χ3v) is 3.62. The van der Waals surface area contributed by atoms with E-state index in [4.69, 9.17) is 0 Å². The lowest BCUT2D eigenvalue weighted by atomic mass is 10.0. The van der Waals surface area contributed by atoms with Crippen LogP contribution in [0, 0.1) is 12.8 Å². The highest BCUT2D eigenvalue weighted by Crippen LogP contribution is 2.34. The van der Waals surface area contributed by atoms with E-state index in [1.54, 1.807) is 0 Å². The van der Waals surface area contributed by atoms with Crippen LogP contribution < -0.4 is 0 Å². The number of ketones is 1. The van der Waals surface area contributed by atoms with E-state index in [9.17, 15) is 4.79 Å². The van der Waals surface area contributed by atoms with Crippen LogP contribution in [0.2, 0.25) is 0 Å². The summed E-state index contributed by atoms with van der Waals surface area (Å²) >= 11 is 0. The Morgan fingerprint density at radius 2 is 2.18 bits per heavy atom. The summed E-state index contributed by atoms with van der Waals surface area (Å²) in [6.45, 7) is 2.08. The quantitative estimate of drug-likeness (QED) is 0.736. The van der Waals surface area contributed by atoms with Gasteiger partial charge in [0.05, 0.1) is 0 Å². The summed E-state index contributed by atoms with van der Waals surface area (Å²) in [7, 11) is 2.01.